The highest BCUT2D eigenvalue weighted by Crippen LogP contribution is 2.38. The van der Waals surface area contributed by atoms with Crippen molar-refractivity contribution >= 4 is 46.3 Å². The fourth-order valence-corrected chi connectivity index (χ4v) is 5.20. The zero-order valence-electron chi connectivity index (χ0n) is 20.6. The molecule has 7 nitrogen and oxygen atoms in total. The maximum absolute atomic E-state index is 13.5. The van der Waals surface area contributed by atoms with Crippen LogP contribution in [0.5, 0.6) is 0 Å². The van der Waals surface area contributed by atoms with E-state index in [1.807, 2.05) is 0 Å². The maximum Gasteiger partial charge on any atom is 0.417 e. The fraction of sp³-hybridized carbons (Fsp3) is 0.583. The molecule has 1 amide bonds. The summed E-state index contributed by atoms with van der Waals surface area (Å²) in [5, 5.41) is 9.76. The van der Waals surface area contributed by atoms with Crippen molar-refractivity contribution in [2.75, 3.05) is 51.3 Å². The van der Waals surface area contributed by atoms with Gasteiger partial charge in [0.25, 0.3) is 11.1 Å². The van der Waals surface area contributed by atoms with Crippen LogP contribution in [0.4, 0.5) is 18.9 Å². The van der Waals surface area contributed by atoms with Crippen LogP contribution in [0.3, 0.4) is 0 Å². The van der Waals surface area contributed by atoms with Crippen LogP contribution in [0.2, 0.25) is 0 Å². The molecule has 12 heteroatoms. The fourth-order valence-electron chi connectivity index (χ4n) is 4.51. The van der Waals surface area contributed by atoms with Gasteiger partial charge in [0.05, 0.1) is 30.0 Å². The van der Waals surface area contributed by atoms with Gasteiger partial charge in [-0.15, -0.1) is 0 Å². The number of rotatable bonds is 7. The number of alkyl halides is 3. The Morgan fingerprint density at radius 1 is 1.14 bits per heavy atom. The van der Waals surface area contributed by atoms with Gasteiger partial charge in [-0.25, -0.2) is 0 Å². The summed E-state index contributed by atoms with van der Waals surface area (Å²) in [7, 11) is 1.58. The first-order valence-electron chi connectivity index (χ1n) is 11.7. The second kappa shape index (κ2) is 11.3. The van der Waals surface area contributed by atoms with Crippen LogP contribution in [0.25, 0.3) is 0 Å². The molecule has 0 bridgehead atoms. The third-order valence-corrected chi connectivity index (χ3v) is 7.50. The minimum absolute atomic E-state index is 0.0130. The predicted octanol–water partition coefficient (Wildman–Crippen LogP) is 4.01. The standard InChI is InChI=1S/C24H30F3N5O2S2/c1-23(2)20(33)32(18-8-7-17(16-28)19(15-18)24(25,26)27)21(35)31(23)10-6-4-5-9-29-11-13-30(14-12-29)22(36)34-3/h7-8,15H,4-6,9-14H2,1-3H3. The molecular formula is C24H30F3N5O2S2. The topological polar surface area (TPSA) is 63.1 Å². The molecule has 2 fully saturated rings. The summed E-state index contributed by atoms with van der Waals surface area (Å²) in [6.45, 7) is 8.43. The maximum atomic E-state index is 13.5. The molecular weight excluding hydrogens is 511 g/mol. The van der Waals surface area contributed by atoms with Crippen molar-refractivity contribution in [1.82, 2.24) is 14.7 Å². The van der Waals surface area contributed by atoms with Gasteiger partial charge in [0.2, 0.25) is 0 Å². The van der Waals surface area contributed by atoms with E-state index in [1.54, 1.807) is 31.9 Å². The number of amides is 1. The number of ether oxygens (including phenoxy) is 1. The van der Waals surface area contributed by atoms with Gasteiger partial charge in [0.15, 0.2) is 5.11 Å². The van der Waals surface area contributed by atoms with E-state index in [4.69, 9.17) is 34.4 Å². The quantitative estimate of drug-likeness (QED) is 0.379. The summed E-state index contributed by atoms with van der Waals surface area (Å²) in [6, 6.07) is 4.78. The number of anilines is 1. The highest BCUT2D eigenvalue weighted by molar-refractivity contribution is 7.80. The number of unbranched alkanes of at least 4 members (excludes halogenated alkanes) is 2. The molecule has 3 rings (SSSR count). The Labute approximate surface area is 220 Å². The highest BCUT2D eigenvalue weighted by Gasteiger charge is 2.49. The Hall–Kier alpha value is -2.49. The number of carbonyl (C=O) groups is 1. The smallest absolute Gasteiger partial charge is 0.417 e. The van der Waals surface area contributed by atoms with Crippen molar-refractivity contribution < 1.29 is 22.7 Å². The molecule has 0 aromatic heterocycles. The van der Waals surface area contributed by atoms with Gasteiger partial charge in [-0.3, -0.25) is 14.6 Å². The van der Waals surface area contributed by atoms with Crippen LogP contribution in [0.1, 0.15) is 44.2 Å². The minimum atomic E-state index is -4.72. The number of piperazine rings is 1. The van der Waals surface area contributed by atoms with E-state index in [2.05, 4.69) is 9.80 Å². The molecule has 0 atom stereocenters. The minimum Gasteiger partial charge on any atom is -0.474 e. The van der Waals surface area contributed by atoms with E-state index >= 15 is 0 Å². The first-order valence-corrected chi connectivity index (χ1v) is 12.6. The molecule has 0 radical (unpaired) electrons. The predicted molar refractivity (Wildman–Crippen MR) is 138 cm³/mol. The lowest BCUT2D eigenvalue weighted by Crippen LogP contribution is -2.48. The molecule has 2 saturated heterocycles. The number of nitrogens with zero attached hydrogens (tertiary/aromatic N) is 5. The van der Waals surface area contributed by atoms with Crippen LogP contribution < -0.4 is 4.90 Å². The zero-order chi connectivity index (χ0) is 26.7. The van der Waals surface area contributed by atoms with E-state index in [0.717, 1.165) is 69.0 Å². The first-order chi connectivity index (χ1) is 16.9. The van der Waals surface area contributed by atoms with Gasteiger partial charge >= 0.3 is 6.18 Å². The number of hydrogen-bond acceptors (Lipinski definition) is 6. The SMILES string of the molecule is COC(=S)N1CCN(CCCCCN2C(=S)N(c3ccc(C#N)c(C(F)(F)F)c3)C(=O)C2(C)C)CC1. The molecule has 0 N–H and O–H groups in total. The molecule has 0 spiro atoms. The van der Waals surface area contributed by atoms with Crippen LogP contribution >= 0.6 is 24.4 Å². The van der Waals surface area contributed by atoms with Crippen molar-refractivity contribution in [2.24, 2.45) is 0 Å². The molecule has 0 saturated carbocycles. The molecule has 1 aromatic rings. The number of carbonyl (C=O) groups excluding carboxylic acids is 1. The molecule has 196 valence electrons. The summed E-state index contributed by atoms with van der Waals surface area (Å²) < 4.78 is 45.5. The van der Waals surface area contributed by atoms with E-state index < -0.39 is 28.7 Å². The van der Waals surface area contributed by atoms with Crippen molar-refractivity contribution in [2.45, 2.75) is 44.8 Å². The molecule has 36 heavy (non-hydrogen) atoms. The first kappa shape index (κ1) is 28.1. The summed E-state index contributed by atoms with van der Waals surface area (Å²) >= 11 is 10.7. The summed E-state index contributed by atoms with van der Waals surface area (Å²) in [5.74, 6) is -0.392. The van der Waals surface area contributed by atoms with E-state index in [-0.39, 0.29) is 10.8 Å². The second-order valence-corrected chi connectivity index (χ2v) is 10.0. The summed E-state index contributed by atoms with van der Waals surface area (Å²) in [4.78, 5) is 20.5. The normalized spacial score (nSPS) is 18.5. The number of thiocarbonyl (C=S) groups is 2. The molecule has 2 heterocycles. The van der Waals surface area contributed by atoms with Gasteiger partial charge in [-0.05, 0) is 75.9 Å². The molecule has 2 aliphatic rings. The lowest BCUT2D eigenvalue weighted by molar-refractivity contribution is -0.137. The lowest BCUT2D eigenvalue weighted by Gasteiger charge is -2.35. The van der Waals surface area contributed by atoms with Crippen LogP contribution in [-0.2, 0) is 15.7 Å². The number of halogens is 3. The van der Waals surface area contributed by atoms with E-state index in [0.29, 0.717) is 11.7 Å². The van der Waals surface area contributed by atoms with Crippen molar-refractivity contribution in [3.63, 3.8) is 0 Å². The van der Waals surface area contributed by atoms with Crippen molar-refractivity contribution in [3.8, 4) is 6.07 Å². The van der Waals surface area contributed by atoms with Crippen molar-refractivity contribution in [3.05, 3.63) is 29.3 Å². The molecule has 1 aromatic carbocycles. The number of benzene rings is 1. The van der Waals surface area contributed by atoms with E-state index in [9.17, 15) is 18.0 Å². The third kappa shape index (κ3) is 5.90. The van der Waals surface area contributed by atoms with Gasteiger partial charge in [-0.1, -0.05) is 6.42 Å². The number of hydrogen-bond donors (Lipinski definition) is 0. The number of methoxy groups -OCH3 is 1. The second-order valence-electron chi connectivity index (χ2n) is 9.33. The zero-order valence-corrected chi connectivity index (χ0v) is 22.2. The Morgan fingerprint density at radius 2 is 1.78 bits per heavy atom. The van der Waals surface area contributed by atoms with Gasteiger partial charge in [0.1, 0.15) is 5.54 Å². The van der Waals surface area contributed by atoms with Gasteiger partial charge < -0.3 is 14.5 Å². The molecule has 0 unspecified atom stereocenters. The van der Waals surface area contributed by atoms with Crippen LogP contribution in [0.15, 0.2) is 18.2 Å². The summed E-state index contributed by atoms with van der Waals surface area (Å²) in [5.41, 5.74) is -2.56. The molecule has 0 aliphatic carbocycles. The van der Waals surface area contributed by atoms with Crippen LogP contribution in [0, 0.1) is 11.3 Å². The summed E-state index contributed by atoms with van der Waals surface area (Å²) in [6.07, 6.45) is -2.02. The van der Waals surface area contributed by atoms with Crippen LogP contribution in [-0.4, -0.2) is 82.8 Å². The Kier molecular flexibility index (Phi) is 8.80. The monoisotopic (exact) mass is 541 g/mol. The Morgan fingerprint density at radius 3 is 2.36 bits per heavy atom. The van der Waals surface area contributed by atoms with Crippen molar-refractivity contribution in [1.29, 1.82) is 5.26 Å². The number of nitriles is 1. The lowest BCUT2D eigenvalue weighted by atomic mass is 10.0. The largest absolute Gasteiger partial charge is 0.474 e. The van der Waals surface area contributed by atoms with Gasteiger partial charge in [-0.2, -0.15) is 18.4 Å². The average Bonchev–Trinajstić information content (AvgIpc) is 3.01. The molecule has 2 aliphatic heterocycles. The third-order valence-electron chi connectivity index (χ3n) is 6.67. The van der Waals surface area contributed by atoms with E-state index in [1.165, 1.54) is 6.07 Å². The highest BCUT2D eigenvalue weighted by atomic mass is 32.1. The van der Waals surface area contributed by atoms with Gasteiger partial charge in [0, 0.05) is 32.7 Å². The Balaban J connectivity index is 1.57. The average molecular weight is 542 g/mol. The Bertz CT molecular complexity index is 1050.